The van der Waals surface area contributed by atoms with Gasteiger partial charge in [0.05, 0.1) is 19.1 Å². The summed E-state index contributed by atoms with van der Waals surface area (Å²) >= 11 is 5.80. The molecule has 0 unspecified atom stereocenters. The Balaban J connectivity index is 1.83. The van der Waals surface area contributed by atoms with E-state index in [1.165, 1.54) is 38.5 Å². The fourth-order valence-corrected chi connectivity index (χ4v) is 3.99. The highest BCUT2D eigenvalue weighted by Gasteiger charge is 2.21. The highest BCUT2D eigenvalue weighted by Crippen LogP contribution is 2.29. The SMILES string of the molecule is COc1ccc(NC(=O)Cn2nc(S(=O)(=O)c3ccc(Cl)cc3)ccc2=O)cc1OC. The van der Waals surface area contributed by atoms with Gasteiger partial charge in [0.25, 0.3) is 5.56 Å². The zero-order valence-corrected chi connectivity index (χ0v) is 18.1. The number of aromatic nitrogens is 2. The summed E-state index contributed by atoms with van der Waals surface area (Å²) in [4.78, 5) is 24.5. The van der Waals surface area contributed by atoms with Crippen LogP contribution in [0.1, 0.15) is 0 Å². The molecule has 2 aromatic carbocycles. The van der Waals surface area contributed by atoms with Crippen molar-refractivity contribution in [1.29, 1.82) is 0 Å². The van der Waals surface area contributed by atoms with Gasteiger partial charge in [0.15, 0.2) is 16.5 Å². The lowest BCUT2D eigenvalue weighted by atomic mass is 10.2. The van der Waals surface area contributed by atoms with Gasteiger partial charge >= 0.3 is 0 Å². The highest BCUT2D eigenvalue weighted by molar-refractivity contribution is 7.91. The smallest absolute Gasteiger partial charge is 0.267 e. The summed E-state index contributed by atoms with van der Waals surface area (Å²) in [6.45, 7) is -0.489. The molecular formula is C20H18ClN3O6S. The maximum Gasteiger partial charge on any atom is 0.267 e. The first-order valence-electron chi connectivity index (χ1n) is 8.85. The van der Waals surface area contributed by atoms with Gasteiger partial charge in [-0.3, -0.25) is 9.59 Å². The van der Waals surface area contributed by atoms with E-state index < -0.39 is 27.8 Å². The van der Waals surface area contributed by atoms with Crippen LogP contribution in [-0.4, -0.2) is 38.3 Å². The quantitative estimate of drug-likeness (QED) is 0.571. The molecule has 0 saturated heterocycles. The minimum absolute atomic E-state index is 0.0376. The van der Waals surface area contributed by atoms with Crippen molar-refractivity contribution in [1.82, 2.24) is 9.78 Å². The third-order valence-electron chi connectivity index (χ3n) is 4.20. The number of methoxy groups -OCH3 is 2. The number of hydrogen-bond acceptors (Lipinski definition) is 7. The Morgan fingerprint density at radius 3 is 2.35 bits per heavy atom. The summed E-state index contributed by atoms with van der Waals surface area (Å²) in [5.41, 5.74) is -0.224. The number of carbonyl (C=O) groups excluding carboxylic acids is 1. The summed E-state index contributed by atoms with van der Waals surface area (Å²) in [7, 11) is -1.05. The molecule has 0 saturated carbocycles. The van der Waals surface area contributed by atoms with Crippen molar-refractivity contribution in [3.05, 3.63) is 70.0 Å². The molecule has 3 aromatic rings. The molecule has 3 rings (SSSR count). The molecule has 0 fully saturated rings. The number of carbonyl (C=O) groups is 1. The maximum atomic E-state index is 12.8. The molecule has 0 bridgehead atoms. The normalized spacial score (nSPS) is 11.1. The van der Waals surface area contributed by atoms with Crippen LogP contribution in [0.15, 0.2) is 69.3 Å². The van der Waals surface area contributed by atoms with E-state index in [1.807, 2.05) is 0 Å². The lowest BCUT2D eigenvalue weighted by Crippen LogP contribution is -2.30. The number of nitrogens with one attached hydrogen (secondary N) is 1. The topological polar surface area (TPSA) is 117 Å². The van der Waals surface area contributed by atoms with Crippen LogP contribution in [0.3, 0.4) is 0 Å². The third-order valence-corrected chi connectivity index (χ3v) is 6.12. The van der Waals surface area contributed by atoms with E-state index in [2.05, 4.69) is 10.4 Å². The second kappa shape index (κ2) is 9.19. The fraction of sp³-hybridized carbons (Fsp3) is 0.150. The molecule has 9 nitrogen and oxygen atoms in total. The summed E-state index contributed by atoms with van der Waals surface area (Å²) in [6, 6.07) is 12.4. The summed E-state index contributed by atoms with van der Waals surface area (Å²) in [5, 5.41) is 6.48. The van der Waals surface area contributed by atoms with Crippen LogP contribution >= 0.6 is 11.6 Å². The van der Waals surface area contributed by atoms with Crippen molar-refractivity contribution in [2.45, 2.75) is 16.5 Å². The van der Waals surface area contributed by atoms with E-state index in [9.17, 15) is 18.0 Å². The van der Waals surface area contributed by atoms with Crippen LogP contribution in [0.5, 0.6) is 11.5 Å². The zero-order chi connectivity index (χ0) is 22.6. The number of amides is 1. The van der Waals surface area contributed by atoms with E-state index in [-0.39, 0.29) is 9.92 Å². The van der Waals surface area contributed by atoms with E-state index in [0.717, 1.165) is 16.8 Å². The van der Waals surface area contributed by atoms with E-state index >= 15 is 0 Å². The molecule has 1 heterocycles. The maximum absolute atomic E-state index is 12.8. The predicted octanol–water partition coefficient (Wildman–Crippen LogP) is 2.39. The van der Waals surface area contributed by atoms with Crippen molar-refractivity contribution in [2.24, 2.45) is 0 Å². The number of sulfone groups is 1. The minimum atomic E-state index is -4.00. The molecule has 11 heteroatoms. The average molecular weight is 464 g/mol. The molecule has 0 aliphatic heterocycles. The molecule has 0 aliphatic carbocycles. The molecule has 1 amide bonds. The summed E-state index contributed by atoms with van der Waals surface area (Å²) < 4.78 is 36.6. The number of hydrogen-bond donors (Lipinski definition) is 1. The Hall–Kier alpha value is -3.37. The molecule has 0 aliphatic rings. The first-order valence-corrected chi connectivity index (χ1v) is 10.7. The molecular weight excluding hydrogens is 446 g/mol. The molecule has 1 N–H and O–H groups in total. The van der Waals surface area contributed by atoms with Gasteiger partial charge in [0.1, 0.15) is 6.54 Å². The van der Waals surface area contributed by atoms with Gasteiger partial charge < -0.3 is 14.8 Å². The Labute approximate surface area is 183 Å². The zero-order valence-electron chi connectivity index (χ0n) is 16.5. The van der Waals surface area contributed by atoms with Gasteiger partial charge in [0.2, 0.25) is 15.7 Å². The first-order chi connectivity index (χ1) is 14.7. The van der Waals surface area contributed by atoms with Gasteiger partial charge in [-0.05, 0) is 42.5 Å². The average Bonchev–Trinajstić information content (AvgIpc) is 2.75. The second-order valence-electron chi connectivity index (χ2n) is 6.24. The Morgan fingerprint density at radius 2 is 1.71 bits per heavy atom. The van der Waals surface area contributed by atoms with Crippen molar-refractivity contribution in [3.8, 4) is 11.5 Å². The standard InChI is InChI=1S/C20H18ClN3O6S/c1-29-16-8-5-14(11-17(16)30-2)22-18(25)12-24-20(26)10-9-19(23-24)31(27,28)15-6-3-13(21)4-7-15/h3-11H,12H2,1-2H3,(H,22,25). The molecule has 1 aromatic heterocycles. The predicted molar refractivity (Wildman–Crippen MR) is 114 cm³/mol. The number of halogens is 1. The minimum Gasteiger partial charge on any atom is -0.493 e. The van der Waals surface area contributed by atoms with Crippen LogP contribution in [0.4, 0.5) is 5.69 Å². The molecule has 162 valence electrons. The molecule has 0 atom stereocenters. The van der Waals surface area contributed by atoms with Gasteiger partial charge in [-0.25, -0.2) is 13.1 Å². The van der Waals surface area contributed by atoms with Gasteiger partial charge in [-0.1, -0.05) is 11.6 Å². The first kappa shape index (κ1) is 22.3. The monoisotopic (exact) mass is 463 g/mol. The van der Waals surface area contributed by atoms with Crippen LogP contribution in [0.2, 0.25) is 5.02 Å². The molecule has 0 spiro atoms. The van der Waals surface area contributed by atoms with Crippen molar-refractivity contribution in [3.63, 3.8) is 0 Å². The Kier molecular flexibility index (Phi) is 6.62. The molecule has 31 heavy (non-hydrogen) atoms. The lowest BCUT2D eigenvalue weighted by Gasteiger charge is -2.11. The lowest BCUT2D eigenvalue weighted by molar-refractivity contribution is -0.117. The largest absolute Gasteiger partial charge is 0.493 e. The van der Waals surface area contributed by atoms with Crippen LogP contribution in [-0.2, 0) is 21.2 Å². The number of nitrogens with zero attached hydrogens (tertiary/aromatic N) is 2. The Morgan fingerprint density at radius 1 is 1.03 bits per heavy atom. The van der Waals surface area contributed by atoms with Crippen LogP contribution < -0.4 is 20.3 Å². The van der Waals surface area contributed by atoms with Crippen molar-refractivity contribution in [2.75, 3.05) is 19.5 Å². The number of ether oxygens (including phenoxy) is 2. The van der Waals surface area contributed by atoms with Gasteiger partial charge in [-0.2, -0.15) is 5.10 Å². The summed E-state index contributed by atoms with van der Waals surface area (Å²) in [6.07, 6.45) is 0. The molecule has 0 radical (unpaired) electrons. The van der Waals surface area contributed by atoms with E-state index in [0.29, 0.717) is 22.2 Å². The van der Waals surface area contributed by atoms with Gasteiger partial charge in [-0.15, -0.1) is 0 Å². The van der Waals surface area contributed by atoms with Crippen LogP contribution in [0.25, 0.3) is 0 Å². The highest BCUT2D eigenvalue weighted by atomic mass is 35.5. The fourth-order valence-electron chi connectivity index (χ4n) is 2.67. The number of rotatable bonds is 7. The number of benzene rings is 2. The van der Waals surface area contributed by atoms with E-state index in [1.54, 1.807) is 18.2 Å². The van der Waals surface area contributed by atoms with Crippen LogP contribution in [0, 0.1) is 0 Å². The Bertz CT molecular complexity index is 1270. The van der Waals surface area contributed by atoms with Crippen molar-refractivity contribution < 1.29 is 22.7 Å². The summed E-state index contributed by atoms with van der Waals surface area (Å²) in [5.74, 6) is 0.313. The van der Waals surface area contributed by atoms with Crippen molar-refractivity contribution >= 4 is 33.0 Å². The van der Waals surface area contributed by atoms with Gasteiger partial charge in [0, 0.05) is 22.8 Å². The van der Waals surface area contributed by atoms with E-state index in [4.69, 9.17) is 21.1 Å². The third kappa shape index (κ3) is 5.04. The second-order valence-corrected chi connectivity index (χ2v) is 8.58. The number of anilines is 1.